The number of benzene rings is 2. The van der Waals surface area contributed by atoms with Crippen molar-refractivity contribution >= 4 is 39.7 Å². The lowest BCUT2D eigenvalue weighted by Crippen LogP contribution is -2.45. The number of halogens is 1. The zero-order chi connectivity index (χ0) is 24.7. The van der Waals surface area contributed by atoms with E-state index in [1.165, 1.54) is 12.5 Å². The third kappa shape index (κ3) is 4.43. The van der Waals surface area contributed by atoms with Crippen molar-refractivity contribution in [3.63, 3.8) is 0 Å². The van der Waals surface area contributed by atoms with Gasteiger partial charge in [0.05, 0.1) is 21.3 Å². The van der Waals surface area contributed by atoms with Gasteiger partial charge in [0.1, 0.15) is 5.69 Å². The maximum Gasteiger partial charge on any atom is 0.353 e. The van der Waals surface area contributed by atoms with Crippen molar-refractivity contribution in [2.45, 2.75) is 43.0 Å². The summed E-state index contributed by atoms with van der Waals surface area (Å²) in [4.78, 5) is 13.8. The Balaban J connectivity index is 1.67. The smallest absolute Gasteiger partial charge is 0.353 e. The molecule has 1 aromatic heterocycles. The van der Waals surface area contributed by atoms with Crippen molar-refractivity contribution in [1.29, 1.82) is 0 Å². The van der Waals surface area contributed by atoms with Crippen LogP contribution in [0.4, 0.5) is 11.4 Å². The predicted molar refractivity (Wildman–Crippen MR) is 139 cm³/mol. The van der Waals surface area contributed by atoms with E-state index in [1.807, 2.05) is 30.3 Å². The number of rotatable bonds is 4. The minimum Gasteiger partial charge on any atom is -0.477 e. The number of H-pyrrole nitrogens is 1. The van der Waals surface area contributed by atoms with Crippen LogP contribution < -0.4 is 4.90 Å². The third-order valence-corrected chi connectivity index (χ3v) is 9.52. The number of nitrogens with zero attached hydrogens (tertiary/aromatic N) is 3. The van der Waals surface area contributed by atoms with Gasteiger partial charge in [-0.1, -0.05) is 49.1 Å². The lowest BCUT2D eigenvalue weighted by Gasteiger charge is -2.46. The molecule has 2 heterocycles. The Labute approximate surface area is 211 Å². The maximum atomic E-state index is 11.7. The SMILES string of the molecule is CN1C(C2CCCCC2)CN(c2ccccc2)c2cc(Cl)c(-c3cc(C(=O)O)[nH]n3)cc2S1(O)O. The van der Waals surface area contributed by atoms with E-state index in [2.05, 4.69) is 15.1 Å². The van der Waals surface area contributed by atoms with Crippen molar-refractivity contribution in [2.75, 3.05) is 18.5 Å². The van der Waals surface area contributed by atoms with Gasteiger partial charge in [-0.3, -0.25) is 14.2 Å². The van der Waals surface area contributed by atoms with Gasteiger partial charge >= 0.3 is 5.97 Å². The molecule has 0 saturated heterocycles. The number of hydrogen-bond donors (Lipinski definition) is 4. The normalized spacial score (nSPS) is 21.8. The minimum atomic E-state index is -3.37. The number of carboxylic acids is 1. The molecule has 1 atom stereocenters. The average Bonchev–Trinajstić information content (AvgIpc) is 3.33. The number of aromatic carboxylic acids is 1. The van der Waals surface area contributed by atoms with Crippen molar-refractivity contribution in [3.8, 4) is 11.3 Å². The zero-order valence-corrected chi connectivity index (χ0v) is 21.0. The fourth-order valence-corrected chi connectivity index (χ4v) is 7.21. The molecule has 2 aliphatic rings. The summed E-state index contributed by atoms with van der Waals surface area (Å²) in [6.45, 7) is 0.593. The molecule has 1 unspecified atom stereocenters. The van der Waals surface area contributed by atoms with Gasteiger partial charge in [0.15, 0.2) is 0 Å². The number of carbonyl (C=O) groups is 1. The van der Waals surface area contributed by atoms with E-state index < -0.39 is 16.7 Å². The molecule has 0 amide bonds. The van der Waals surface area contributed by atoms with Crippen LogP contribution in [0.1, 0.15) is 42.6 Å². The van der Waals surface area contributed by atoms with Gasteiger partial charge in [-0.05, 0) is 49.1 Å². The molecule has 1 fully saturated rings. The van der Waals surface area contributed by atoms with E-state index in [0.29, 0.717) is 39.3 Å². The highest BCUT2D eigenvalue weighted by molar-refractivity contribution is 8.22. The minimum absolute atomic E-state index is 0.0703. The number of nitrogens with one attached hydrogen (secondary N) is 1. The number of carboxylic acid groups (broad SMARTS) is 1. The fraction of sp³-hybridized carbons (Fsp3) is 0.360. The average molecular weight is 517 g/mol. The van der Waals surface area contributed by atoms with Crippen molar-refractivity contribution in [3.05, 3.63) is 59.2 Å². The Morgan fingerprint density at radius 3 is 2.49 bits per heavy atom. The molecule has 2 aromatic carbocycles. The highest BCUT2D eigenvalue weighted by atomic mass is 35.5. The summed E-state index contributed by atoms with van der Waals surface area (Å²) in [5.74, 6) is -0.788. The first-order valence-electron chi connectivity index (χ1n) is 11.7. The molecule has 10 heteroatoms. The number of para-hydroxylation sites is 1. The molecule has 0 bridgehead atoms. The van der Waals surface area contributed by atoms with Crippen LogP contribution in [0.5, 0.6) is 0 Å². The standard InChI is InChI=1S/C25H29ClN4O4S/c1-29-23(16-8-4-2-5-9-16)15-30(17-10-6-3-7-11-17)22-13-19(26)18(12-24(22)35(29,33)34)20-14-21(25(31)32)28-27-20/h3,6-7,10-14,16,23,33-34H,2,4-5,8-9,15H2,1H3,(H,27,28)(H,31,32). The van der Waals surface area contributed by atoms with Gasteiger partial charge in [-0.15, -0.1) is 10.8 Å². The summed E-state index contributed by atoms with van der Waals surface area (Å²) in [6, 6.07) is 14.6. The van der Waals surface area contributed by atoms with Crippen molar-refractivity contribution in [1.82, 2.24) is 14.5 Å². The molecule has 1 aliphatic heterocycles. The first-order valence-corrected chi connectivity index (χ1v) is 13.6. The Morgan fingerprint density at radius 2 is 1.83 bits per heavy atom. The van der Waals surface area contributed by atoms with E-state index in [9.17, 15) is 19.0 Å². The largest absolute Gasteiger partial charge is 0.477 e. The van der Waals surface area contributed by atoms with E-state index in [1.54, 1.807) is 23.5 Å². The van der Waals surface area contributed by atoms with Crippen LogP contribution in [0, 0.1) is 5.92 Å². The summed E-state index contributed by atoms with van der Waals surface area (Å²) in [6.07, 6.45) is 5.62. The van der Waals surface area contributed by atoms with E-state index in [-0.39, 0.29) is 11.7 Å². The molecule has 1 saturated carbocycles. The fourth-order valence-electron chi connectivity index (χ4n) is 5.30. The maximum absolute atomic E-state index is 11.7. The van der Waals surface area contributed by atoms with Crippen LogP contribution in [0.2, 0.25) is 5.02 Å². The quantitative estimate of drug-likeness (QED) is 0.313. The summed E-state index contributed by atoms with van der Waals surface area (Å²) in [5.41, 5.74) is 2.26. The van der Waals surface area contributed by atoms with Gasteiger partial charge in [0, 0.05) is 30.9 Å². The lowest BCUT2D eigenvalue weighted by atomic mass is 9.83. The number of aromatic amines is 1. The lowest BCUT2D eigenvalue weighted by molar-refractivity contribution is 0.0690. The first kappa shape index (κ1) is 24.1. The van der Waals surface area contributed by atoms with Gasteiger partial charge < -0.3 is 10.0 Å². The van der Waals surface area contributed by atoms with Crippen LogP contribution in [0.15, 0.2) is 53.4 Å². The predicted octanol–water partition coefficient (Wildman–Crippen LogP) is 6.49. The topological polar surface area (TPSA) is 113 Å². The molecule has 0 radical (unpaired) electrons. The monoisotopic (exact) mass is 516 g/mol. The Morgan fingerprint density at radius 1 is 1.11 bits per heavy atom. The van der Waals surface area contributed by atoms with Crippen LogP contribution in [-0.4, -0.2) is 54.3 Å². The second-order valence-corrected chi connectivity index (χ2v) is 11.7. The van der Waals surface area contributed by atoms with Gasteiger partial charge in [0.2, 0.25) is 0 Å². The third-order valence-electron chi connectivity index (χ3n) is 7.22. The first-order chi connectivity index (χ1) is 16.8. The molecule has 1 aliphatic carbocycles. The summed E-state index contributed by atoms with van der Waals surface area (Å²) < 4.78 is 25.1. The Kier molecular flexibility index (Phi) is 6.54. The summed E-state index contributed by atoms with van der Waals surface area (Å²) in [5, 5.41) is 16.2. The molecule has 8 nitrogen and oxygen atoms in total. The van der Waals surface area contributed by atoms with Gasteiger partial charge in [-0.2, -0.15) is 9.40 Å². The van der Waals surface area contributed by atoms with E-state index in [4.69, 9.17) is 11.6 Å². The summed E-state index contributed by atoms with van der Waals surface area (Å²) in [7, 11) is -1.58. The highest BCUT2D eigenvalue weighted by Crippen LogP contribution is 2.60. The number of hydrogen-bond acceptors (Lipinski definition) is 6. The molecule has 5 rings (SSSR count). The number of likely N-dealkylation sites (N-methyl/N-ethyl adjacent to an activating group) is 1. The van der Waals surface area contributed by atoms with Gasteiger partial charge in [-0.25, -0.2) is 4.79 Å². The molecular weight excluding hydrogens is 488 g/mol. The molecule has 3 aromatic rings. The van der Waals surface area contributed by atoms with Crippen molar-refractivity contribution < 1.29 is 19.0 Å². The van der Waals surface area contributed by atoms with Gasteiger partial charge in [0.25, 0.3) is 0 Å². The highest BCUT2D eigenvalue weighted by Gasteiger charge is 2.41. The van der Waals surface area contributed by atoms with Crippen LogP contribution in [0.25, 0.3) is 11.3 Å². The van der Waals surface area contributed by atoms with Crippen LogP contribution in [-0.2, 0) is 0 Å². The number of fused-ring (bicyclic) bond motifs is 1. The Hall–Kier alpha value is -2.56. The van der Waals surface area contributed by atoms with E-state index in [0.717, 1.165) is 31.4 Å². The van der Waals surface area contributed by atoms with Crippen molar-refractivity contribution in [2.24, 2.45) is 5.92 Å². The van der Waals surface area contributed by atoms with E-state index >= 15 is 0 Å². The van der Waals surface area contributed by atoms with Crippen LogP contribution >= 0.6 is 22.4 Å². The Bertz CT molecular complexity index is 1230. The second kappa shape index (κ2) is 9.48. The summed E-state index contributed by atoms with van der Waals surface area (Å²) >= 11 is 6.71. The molecule has 0 spiro atoms. The molecule has 4 N–H and O–H groups in total. The molecular formula is C25H29ClN4O4S. The zero-order valence-electron chi connectivity index (χ0n) is 19.4. The second-order valence-electron chi connectivity index (χ2n) is 9.25. The molecule has 35 heavy (non-hydrogen) atoms. The number of aromatic nitrogens is 2. The van der Waals surface area contributed by atoms with Crippen LogP contribution in [0.3, 0.4) is 0 Å². The molecule has 186 valence electrons. The number of anilines is 2.